The van der Waals surface area contributed by atoms with Crippen LogP contribution >= 0.6 is 33.9 Å². The molecule has 0 N–H and O–H groups in total. The molecule has 1 aromatic heterocycles. The Hall–Kier alpha value is -1.21. The number of ether oxygens (including phenoxy) is 1. The molecule has 0 unspecified atom stereocenters. The number of esters is 1. The minimum atomic E-state index is -0.447. The maximum atomic E-state index is 11.8. The zero-order chi connectivity index (χ0) is 13.8. The van der Waals surface area contributed by atoms with Gasteiger partial charge >= 0.3 is 5.97 Å². The van der Waals surface area contributed by atoms with E-state index < -0.39 is 5.97 Å². The molecule has 0 bridgehead atoms. The summed E-state index contributed by atoms with van der Waals surface area (Å²) < 4.78 is 6.06. The molecule has 1 heterocycles. The van der Waals surface area contributed by atoms with Crippen molar-refractivity contribution in [1.82, 2.24) is 0 Å². The first kappa shape index (κ1) is 14.2. The summed E-state index contributed by atoms with van der Waals surface area (Å²) in [5.74, 6) is -0.644. The van der Waals surface area contributed by atoms with Crippen molar-refractivity contribution in [1.29, 1.82) is 0 Å². The molecule has 0 atom stereocenters. The number of hydrogen-bond donors (Lipinski definition) is 0. The highest BCUT2D eigenvalue weighted by molar-refractivity contribution is 14.1. The summed E-state index contributed by atoms with van der Waals surface area (Å²) in [5, 5.41) is 0. The van der Waals surface area contributed by atoms with Crippen LogP contribution in [0.5, 0.6) is 0 Å². The molecular formula is C14H11IO3S. The first-order chi connectivity index (χ1) is 9.06. The number of benzene rings is 1. The van der Waals surface area contributed by atoms with Crippen LogP contribution in [0.3, 0.4) is 0 Å². The molecule has 2 aromatic rings. The van der Waals surface area contributed by atoms with Gasteiger partial charge in [0.25, 0.3) is 0 Å². The van der Waals surface area contributed by atoms with E-state index >= 15 is 0 Å². The summed E-state index contributed by atoms with van der Waals surface area (Å²) in [6, 6.07) is 10.7. The average Bonchev–Trinajstić information content (AvgIpc) is 2.83. The number of Topliss-reactive ketones (excluding diaryl/α,β-unsaturated/α-hetero) is 1. The lowest BCUT2D eigenvalue weighted by molar-refractivity contribution is 0.0479. The molecule has 0 amide bonds. The monoisotopic (exact) mass is 386 g/mol. The third-order valence-electron chi connectivity index (χ3n) is 2.44. The van der Waals surface area contributed by atoms with Gasteiger partial charge in [-0.05, 0) is 53.8 Å². The molecule has 19 heavy (non-hydrogen) atoms. The van der Waals surface area contributed by atoms with Crippen molar-refractivity contribution in [2.75, 3.05) is 6.61 Å². The van der Waals surface area contributed by atoms with Crippen LogP contribution in [0.25, 0.3) is 0 Å². The summed E-state index contributed by atoms with van der Waals surface area (Å²) >= 11 is 3.53. The molecule has 0 saturated heterocycles. The van der Waals surface area contributed by atoms with Gasteiger partial charge < -0.3 is 4.74 Å². The van der Waals surface area contributed by atoms with Crippen molar-refractivity contribution in [2.24, 2.45) is 0 Å². The van der Waals surface area contributed by atoms with Gasteiger partial charge in [0.2, 0.25) is 0 Å². The van der Waals surface area contributed by atoms with Crippen LogP contribution in [0, 0.1) is 10.5 Å². The second-order valence-corrected chi connectivity index (χ2v) is 6.45. The second-order valence-electron chi connectivity index (χ2n) is 3.92. The van der Waals surface area contributed by atoms with Crippen molar-refractivity contribution in [3.8, 4) is 0 Å². The van der Waals surface area contributed by atoms with E-state index in [1.165, 1.54) is 11.3 Å². The van der Waals surface area contributed by atoms with Crippen LogP contribution in [0.1, 0.15) is 24.9 Å². The third kappa shape index (κ3) is 3.87. The predicted molar refractivity (Wildman–Crippen MR) is 82.8 cm³/mol. The number of aryl methyl sites for hydroxylation is 1. The highest BCUT2D eigenvalue weighted by atomic mass is 127. The van der Waals surface area contributed by atoms with Crippen LogP contribution in [-0.4, -0.2) is 18.4 Å². The molecule has 0 aliphatic heterocycles. The maximum Gasteiger partial charge on any atom is 0.348 e. The van der Waals surface area contributed by atoms with Crippen LogP contribution in [0.15, 0.2) is 36.4 Å². The SMILES string of the molecule is Cc1ccc(C(=O)OCC(=O)c2ccc(I)cc2)s1. The van der Waals surface area contributed by atoms with Crippen LogP contribution in [-0.2, 0) is 4.74 Å². The van der Waals surface area contributed by atoms with Gasteiger partial charge in [-0.15, -0.1) is 11.3 Å². The van der Waals surface area contributed by atoms with Gasteiger partial charge in [-0.1, -0.05) is 12.1 Å². The predicted octanol–water partition coefficient (Wildman–Crippen LogP) is 3.70. The summed E-state index contributed by atoms with van der Waals surface area (Å²) in [6.07, 6.45) is 0. The number of carbonyl (C=O) groups excluding carboxylic acids is 2. The quantitative estimate of drug-likeness (QED) is 0.457. The molecule has 1 aromatic carbocycles. The smallest absolute Gasteiger partial charge is 0.348 e. The largest absolute Gasteiger partial charge is 0.453 e. The lowest BCUT2D eigenvalue weighted by Crippen LogP contribution is -2.13. The Morgan fingerprint density at radius 1 is 1.16 bits per heavy atom. The Kier molecular flexibility index (Phi) is 4.71. The Balaban J connectivity index is 1.93. The first-order valence-electron chi connectivity index (χ1n) is 5.58. The second kappa shape index (κ2) is 6.29. The van der Waals surface area contributed by atoms with E-state index in [-0.39, 0.29) is 12.4 Å². The topological polar surface area (TPSA) is 43.4 Å². The van der Waals surface area contributed by atoms with E-state index in [9.17, 15) is 9.59 Å². The van der Waals surface area contributed by atoms with Gasteiger partial charge in [-0.3, -0.25) is 4.79 Å². The van der Waals surface area contributed by atoms with Crippen molar-refractivity contribution >= 4 is 45.7 Å². The molecule has 2 rings (SSSR count). The zero-order valence-corrected chi connectivity index (χ0v) is 13.2. The molecule has 3 nitrogen and oxygen atoms in total. The number of carbonyl (C=O) groups is 2. The molecule has 0 fully saturated rings. The average molecular weight is 386 g/mol. The number of halogens is 1. The zero-order valence-electron chi connectivity index (χ0n) is 10.2. The molecule has 0 aliphatic carbocycles. The van der Waals surface area contributed by atoms with Crippen LogP contribution < -0.4 is 0 Å². The van der Waals surface area contributed by atoms with E-state index in [4.69, 9.17) is 4.74 Å². The minimum absolute atomic E-state index is 0.196. The molecule has 5 heteroatoms. The number of hydrogen-bond acceptors (Lipinski definition) is 4. The molecule has 0 aliphatic rings. The van der Waals surface area contributed by atoms with Gasteiger partial charge in [0.15, 0.2) is 12.4 Å². The van der Waals surface area contributed by atoms with E-state index in [1.807, 2.05) is 25.1 Å². The maximum absolute atomic E-state index is 11.8. The Labute approximate surface area is 128 Å². The highest BCUT2D eigenvalue weighted by Gasteiger charge is 2.13. The molecule has 0 spiro atoms. The fourth-order valence-corrected chi connectivity index (χ4v) is 2.59. The number of ketones is 1. The fraction of sp³-hybridized carbons (Fsp3) is 0.143. The lowest BCUT2D eigenvalue weighted by Gasteiger charge is -2.03. The summed E-state index contributed by atoms with van der Waals surface area (Å²) in [4.78, 5) is 25.1. The fourth-order valence-electron chi connectivity index (χ4n) is 1.47. The number of thiophene rings is 1. The van der Waals surface area contributed by atoms with Gasteiger partial charge in [0.05, 0.1) is 0 Å². The van der Waals surface area contributed by atoms with E-state index in [0.29, 0.717) is 10.4 Å². The van der Waals surface area contributed by atoms with E-state index in [2.05, 4.69) is 22.6 Å². The summed E-state index contributed by atoms with van der Waals surface area (Å²) in [7, 11) is 0. The highest BCUT2D eigenvalue weighted by Crippen LogP contribution is 2.16. The molecule has 0 saturated carbocycles. The van der Waals surface area contributed by atoms with Gasteiger partial charge in [0, 0.05) is 14.0 Å². The lowest BCUT2D eigenvalue weighted by atomic mass is 10.1. The van der Waals surface area contributed by atoms with Crippen molar-refractivity contribution < 1.29 is 14.3 Å². The summed E-state index contributed by atoms with van der Waals surface area (Å²) in [5.41, 5.74) is 0.551. The Morgan fingerprint density at radius 3 is 2.42 bits per heavy atom. The molecule has 0 radical (unpaired) electrons. The van der Waals surface area contributed by atoms with Gasteiger partial charge in [-0.2, -0.15) is 0 Å². The summed E-state index contributed by atoms with van der Waals surface area (Å²) in [6.45, 7) is 1.69. The normalized spacial score (nSPS) is 10.2. The first-order valence-corrected chi connectivity index (χ1v) is 7.48. The Morgan fingerprint density at radius 2 is 1.84 bits per heavy atom. The van der Waals surface area contributed by atoms with Gasteiger partial charge in [-0.25, -0.2) is 4.79 Å². The molecular weight excluding hydrogens is 375 g/mol. The Bertz CT molecular complexity index is 601. The van der Waals surface area contributed by atoms with Crippen molar-refractivity contribution in [2.45, 2.75) is 6.92 Å². The van der Waals surface area contributed by atoms with Crippen LogP contribution in [0.4, 0.5) is 0 Å². The van der Waals surface area contributed by atoms with Crippen molar-refractivity contribution in [3.63, 3.8) is 0 Å². The number of rotatable bonds is 4. The van der Waals surface area contributed by atoms with Crippen LogP contribution in [0.2, 0.25) is 0 Å². The minimum Gasteiger partial charge on any atom is -0.453 e. The third-order valence-corrected chi connectivity index (χ3v) is 4.14. The van der Waals surface area contributed by atoms with Crippen molar-refractivity contribution in [3.05, 3.63) is 55.3 Å². The van der Waals surface area contributed by atoms with E-state index in [0.717, 1.165) is 8.45 Å². The van der Waals surface area contributed by atoms with Gasteiger partial charge in [0.1, 0.15) is 4.88 Å². The van der Waals surface area contributed by atoms with E-state index in [1.54, 1.807) is 18.2 Å². The molecule has 98 valence electrons. The standard InChI is InChI=1S/C14H11IO3S/c1-9-2-7-13(19-9)14(17)18-8-12(16)10-3-5-11(15)6-4-10/h2-7H,8H2,1H3.